The molecular weight excluding hydrogens is 292 g/mol. The van der Waals surface area contributed by atoms with Gasteiger partial charge in [-0.05, 0) is 38.1 Å². The van der Waals surface area contributed by atoms with Crippen molar-refractivity contribution in [1.29, 1.82) is 0 Å². The standard InChI is InChI=1S/C17H22N4O2/c1-11(2)18-17(22)21-9-8-15-14(10-21)16(20-19-15)12-4-6-13(23-3)7-5-12/h4-7,11H,8-10H2,1-3H3,(H,18,22)(H,19,20). The zero-order valence-corrected chi connectivity index (χ0v) is 13.7. The van der Waals surface area contributed by atoms with Crippen molar-refractivity contribution in [2.45, 2.75) is 32.9 Å². The van der Waals surface area contributed by atoms with Crippen molar-refractivity contribution in [3.8, 4) is 17.0 Å². The lowest BCUT2D eigenvalue weighted by Gasteiger charge is -2.28. The molecule has 1 aromatic heterocycles. The monoisotopic (exact) mass is 314 g/mol. The third-order valence-electron chi connectivity index (χ3n) is 4.00. The number of rotatable bonds is 3. The van der Waals surface area contributed by atoms with Crippen molar-refractivity contribution in [3.63, 3.8) is 0 Å². The molecule has 0 aliphatic carbocycles. The summed E-state index contributed by atoms with van der Waals surface area (Å²) in [5.74, 6) is 0.816. The van der Waals surface area contributed by atoms with E-state index < -0.39 is 0 Å². The van der Waals surface area contributed by atoms with Crippen LogP contribution >= 0.6 is 0 Å². The minimum atomic E-state index is -0.0208. The highest BCUT2D eigenvalue weighted by atomic mass is 16.5. The first-order valence-corrected chi connectivity index (χ1v) is 7.84. The van der Waals surface area contributed by atoms with Gasteiger partial charge in [-0.1, -0.05) is 0 Å². The summed E-state index contributed by atoms with van der Waals surface area (Å²) < 4.78 is 5.20. The van der Waals surface area contributed by atoms with E-state index in [9.17, 15) is 4.79 Å². The summed E-state index contributed by atoms with van der Waals surface area (Å²) in [6, 6.07) is 7.93. The van der Waals surface area contributed by atoms with Gasteiger partial charge in [0.05, 0.1) is 19.3 Å². The first kappa shape index (κ1) is 15.4. The van der Waals surface area contributed by atoms with Crippen LogP contribution in [-0.2, 0) is 13.0 Å². The number of urea groups is 1. The van der Waals surface area contributed by atoms with Crippen LogP contribution in [0.1, 0.15) is 25.1 Å². The van der Waals surface area contributed by atoms with Gasteiger partial charge >= 0.3 is 6.03 Å². The number of ether oxygens (including phenoxy) is 1. The van der Waals surface area contributed by atoms with E-state index in [1.165, 1.54) is 0 Å². The van der Waals surface area contributed by atoms with Crippen LogP contribution in [0.2, 0.25) is 0 Å². The Hall–Kier alpha value is -2.50. The third-order valence-corrected chi connectivity index (χ3v) is 4.00. The van der Waals surface area contributed by atoms with Crippen LogP contribution in [0.5, 0.6) is 5.75 Å². The topological polar surface area (TPSA) is 70.2 Å². The van der Waals surface area contributed by atoms with Gasteiger partial charge in [-0.2, -0.15) is 5.10 Å². The average molecular weight is 314 g/mol. The smallest absolute Gasteiger partial charge is 0.317 e. The van der Waals surface area contributed by atoms with Gasteiger partial charge in [0.15, 0.2) is 0 Å². The molecule has 122 valence electrons. The highest BCUT2D eigenvalue weighted by Crippen LogP contribution is 2.29. The van der Waals surface area contributed by atoms with Crippen LogP contribution < -0.4 is 10.1 Å². The highest BCUT2D eigenvalue weighted by Gasteiger charge is 2.25. The van der Waals surface area contributed by atoms with Gasteiger partial charge < -0.3 is 15.0 Å². The van der Waals surface area contributed by atoms with E-state index in [0.29, 0.717) is 13.1 Å². The predicted octanol–water partition coefficient (Wildman–Crippen LogP) is 2.56. The molecule has 0 saturated heterocycles. The molecule has 1 aliphatic heterocycles. The van der Waals surface area contributed by atoms with Crippen LogP contribution in [0.3, 0.4) is 0 Å². The number of aromatic nitrogens is 2. The molecule has 2 heterocycles. The van der Waals surface area contributed by atoms with E-state index in [2.05, 4.69) is 15.5 Å². The van der Waals surface area contributed by atoms with E-state index in [1.54, 1.807) is 7.11 Å². The fourth-order valence-corrected chi connectivity index (χ4v) is 2.79. The number of carbonyl (C=O) groups excluding carboxylic acids is 1. The molecule has 2 amide bonds. The van der Waals surface area contributed by atoms with Gasteiger partial charge in [-0.3, -0.25) is 5.10 Å². The van der Waals surface area contributed by atoms with Crippen molar-refractivity contribution >= 4 is 6.03 Å². The first-order valence-electron chi connectivity index (χ1n) is 7.84. The zero-order valence-electron chi connectivity index (χ0n) is 13.7. The predicted molar refractivity (Wildman–Crippen MR) is 88.4 cm³/mol. The number of amides is 2. The van der Waals surface area contributed by atoms with Crippen molar-refractivity contribution < 1.29 is 9.53 Å². The summed E-state index contributed by atoms with van der Waals surface area (Å²) in [6.07, 6.45) is 0.796. The summed E-state index contributed by atoms with van der Waals surface area (Å²) in [7, 11) is 1.65. The second kappa shape index (κ2) is 6.32. The summed E-state index contributed by atoms with van der Waals surface area (Å²) in [5.41, 5.74) is 4.14. The molecular formula is C17H22N4O2. The molecule has 1 aliphatic rings. The van der Waals surface area contributed by atoms with Gasteiger partial charge in [-0.15, -0.1) is 0 Å². The fraction of sp³-hybridized carbons (Fsp3) is 0.412. The van der Waals surface area contributed by atoms with E-state index in [4.69, 9.17) is 4.74 Å². The number of nitrogens with zero attached hydrogens (tertiary/aromatic N) is 2. The summed E-state index contributed by atoms with van der Waals surface area (Å²) >= 11 is 0. The van der Waals surface area contributed by atoms with E-state index in [1.807, 2.05) is 43.0 Å². The number of H-pyrrole nitrogens is 1. The number of nitrogens with one attached hydrogen (secondary N) is 2. The van der Waals surface area contributed by atoms with Crippen LogP contribution in [-0.4, -0.2) is 40.8 Å². The lowest BCUT2D eigenvalue weighted by atomic mass is 10.0. The van der Waals surface area contributed by atoms with Crippen molar-refractivity contribution in [2.24, 2.45) is 0 Å². The van der Waals surface area contributed by atoms with E-state index in [0.717, 1.165) is 34.7 Å². The van der Waals surface area contributed by atoms with Gasteiger partial charge in [0.2, 0.25) is 0 Å². The Bertz CT molecular complexity index is 691. The first-order chi connectivity index (χ1) is 11.1. The molecule has 1 aromatic carbocycles. The Morgan fingerprint density at radius 1 is 1.35 bits per heavy atom. The molecule has 0 atom stereocenters. The zero-order chi connectivity index (χ0) is 16.4. The number of hydrogen-bond acceptors (Lipinski definition) is 3. The summed E-state index contributed by atoms with van der Waals surface area (Å²) in [6.45, 7) is 5.21. The molecule has 0 unspecified atom stereocenters. The molecule has 0 fully saturated rings. The van der Waals surface area contributed by atoms with Gasteiger partial charge in [0.25, 0.3) is 0 Å². The minimum Gasteiger partial charge on any atom is -0.497 e. The Morgan fingerprint density at radius 3 is 2.74 bits per heavy atom. The molecule has 0 spiro atoms. The molecule has 2 N–H and O–H groups in total. The van der Waals surface area contributed by atoms with Crippen molar-refractivity contribution in [2.75, 3.05) is 13.7 Å². The molecule has 0 bridgehead atoms. The maximum absolute atomic E-state index is 12.2. The number of methoxy groups -OCH3 is 1. The van der Waals surface area contributed by atoms with Gasteiger partial charge in [0, 0.05) is 35.8 Å². The lowest BCUT2D eigenvalue weighted by Crippen LogP contribution is -2.45. The Balaban J connectivity index is 1.84. The number of carbonyl (C=O) groups is 1. The van der Waals surface area contributed by atoms with Crippen LogP contribution in [0, 0.1) is 0 Å². The van der Waals surface area contributed by atoms with Gasteiger partial charge in [0.1, 0.15) is 5.75 Å². The summed E-state index contributed by atoms with van der Waals surface area (Å²) in [4.78, 5) is 14.1. The Kier molecular flexibility index (Phi) is 4.23. The summed E-state index contributed by atoms with van der Waals surface area (Å²) in [5, 5.41) is 10.5. The number of aromatic amines is 1. The molecule has 0 radical (unpaired) electrons. The second-order valence-corrected chi connectivity index (χ2v) is 6.03. The molecule has 6 nitrogen and oxygen atoms in total. The van der Waals surface area contributed by atoms with E-state index >= 15 is 0 Å². The largest absolute Gasteiger partial charge is 0.497 e. The Morgan fingerprint density at radius 2 is 2.09 bits per heavy atom. The normalized spacial score (nSPS) is 13.8. The minimum absolute atomic E-state index is 0.0208. The maximum Gasteiger partial charge on any atom is 0.317 e. The SMILES string of the molecule is COc1ccc(-c2n[nH]c3c2CN(C(=O)NC(C)C)CC3)cc1. The quantitative estimate of drug-likeness (QED) is 0.914. The molecule has 23 heavy (non-hydrogen) atoms. The molecule has 6 heteroatoms. The average Bonchev–Trinajstić information content (AvgIpc) is 2.97. The number of hydrogen-bond donors (Lipinski definition) is 2. The Labute approximate surface area is 135 Å². The molecule has 0 saturated carbocycles. The van der Waals surface area contributed by atoms with Gasteiger partial charge in [-0.25, -0.2) is 4.79 Å². The van der Waals surface area contributed by atoms with Crippen LogP contribution in [0.15, 0.2) is 24.3 Å². The van der Waals surface area contributed by atoms with Crippen LogP contribution in [0.25, 0.3) is 11.3 Å². The highest BCUT2D eigenvalue weighted by molar-refractivity contribution is 5.75. The van der Waals surface area contributed by atoms with Crippen LogP contribution in [0.4, 0.5) is 4.79 Å². The van der Waals surface area contributed by atoms with Crippen molar-refractivity contribution in [1.82, 2.24) is 20.4 Å². The molecule has 3 rings (SSSR count). The fourth-order valence-electron chi connectivity index (χ4n) is 2.79. The number of fused-ring (bicyclic) bond motifs is 1. The number of benzene rings is 1. The molecule has 2 aromatic rings. The van der Waals surface area contributed by atoms with Crippen molar-refractivity contribution in [3.05, 3.63) is 35.5 Å². The second-order valence-electron chi connectivity index (χ2n) is 6.03. The third kappa shape index (κ3) is 3.16. The van der Waals surface area contributed by atoms with E-state index in [-0.39, 0.29) is 12.1 Å². The maximum atomic E-state index is 12.2. The lowest BCUT2D eigenvalue weighted by molar-refractivity contribution is 0.190.